The maximum Gasteiger partial charge on any atom is 0.416 e. The molecule has 30 heavy (non-hydrogen) atoms. The van der Waals surface area contributed by atoms with Gasteiger partial charge in [0.05, 0.1) is 11.3 Å². The fraction of sp³-hybridized carbons (Fsp3) is 0.250. The maximum atomic E-state index is 13.0. The first-order valence-electron chi connectivity index (χ1n) is 8.96. The summed E-state index contributed by atoms with van der Waals surface area (Å²) in [5.41, 5.74) is -0.160. The Labute approximate surface area is 189 Å². The summed E-state index contributed by atoms with van der Waals surface area (Å²) in [7, 11) is 0. The second-order valence-corrected chi connectivity index (χ2v) is 8.80. The monoisotopic (exact) mass is 547 g/mol. The summed E-state index contributed by atoms with van der Waals surface area (Å²) in [6, 6.07) is 11.8. The van der Waals surface area contributed by atoms with E-state index in [2.05, 4.69) is 32.9 Å². The molecule has 0 aliphatic carbocycles. The highest BCUT2D eigenvalue weighted by atomic mass is 127. The quantitative estimate of drug-likeness (QED) is 0.530. The van der Waals surface area contributed by atoms with Gasteiger partial charge in [0.25, 0.3) is 0 Å². The summed E-state index contributed by atoms with van der Waals surface area (Å²) in [5.74, 6) is -0.660. The smallest absolute Gasteiger partial charge is 0.325 e. The molecule has 3 rings (SSSR count). The number of carbonyl (C=O) groups excluding carboxylic acids is 2. The van der Waals surface area contributed by atoms with Gasteiger partial charge in [0.2, 0.25) is 11.8 Å². The molecule has 1 aliphatic rings. The van der Waals surface area contributed by atoms with Crippen LogP contribution >= 0.6 is 34.4 Å². The fourth-order valence-electron chi connectivity index (χ4n) is 2.77. The molecule has 2 aromatic carbocycles. The molecule has 0 saturated carbocycles. The third-order valence-electron chi connectivity index (χ3n) is 4.26. The van der Waals surface area contributed by atoms with Crippen molar-refractivity contribution in [1.82, 2.24) is 4.90 Å². The molecule has 1 atom stereocenters. The first kappa shape index (κ1) is 22.6. The lowest BCUT2D eigenvalue weighted by atomic mass is 10.2. The van der Waals surface area contributed by atoms with Gasteiger partial charge in [0, 0.05) is 22.2 Å². The van der Waals surface area contributed by atoms with Crippen LogP contribution in [0.25, 0.3) is 0 Å². The zero-order chi connectivity index (χ0) is 21.9. The van der Waals surface area contributed by atoms with Gasteiger partial charge in [-0.15, -0.1) is 0 Å². The Morgan fingerprint density at radius 1 is 1.27 bits per heavy atom. The number of hydrogen-bond acceptors (Lipinski definition) is 4. The van der Waals surface area contributed by atoms with Crippen molar-refractivity contribution in [3.63, 3.8) is 0 Å². The second-order valence-electron chi connectivity index (χ2n) is 6.39. The molecule has 0 radical (unpaired) electrons. The average molecular weight is 547 g/mol. The predicted octanol–water partition coefficient (Wildman–Crippen LogP) is 5.29. The highest BCUT2D eigenvalue weighted by Crippen LogP contribution is 2.33. The number of rotatable bonds is 4. The minimum Gasteiger partial charge on any atom is -0.325 e. The number of nitrogens with one attached hydrogen (secondary N) is 1. The molecule has 1 saturated heterocycles. The molecular weight excluding hydrogens is 530 g/mol. The van der Waals surface area contributed by atoms with Crippen LogP contribution in [0.4, 0.5) is 24.5 Å². The van der Waals surface area contributed by atoms with Crippen LogP contribution in [0.1, 0.15) is 18.9 Å². The molecule has 0 spiro atoms. The van der Waals surface area contributed by atoms with E-state index < -0.39 is 17.0 Å². The Balaban J connectivity index is 1.84. The third-order valence-corrected chi connectivity index (χ3v) is 6.17. The van der Waals surface area contributed by atoms with Crippen LogP contribution in [-0.2, 0) is 15.8 Å². The summed E-state index contributed by atoms with van der Waals surface area (Å²) in [4.78, 5) is 30.8. The van der Waals surface area contributed by atoms with E-state index >= 15 is 0 Å². The predicted molar refractivity (Wildman–Crippen MR) is 120 cm³/mol. The number of alkyl halides is 3. The second kappa shape index (κ2) is 9.38. The molecular formula is C20H17F3IN3O2S. The topological polar surface area (TPSA) is 61.8 Å². The number of halogens is 4. The SMILES string of the molecule is CCN1C(=O)CC(C(=O)Nc2ccc(I)cc2)SC1=Nc1cccc(C(F)(F)F)c1. The van der Waals surface area contributed by atoms with Crippen molar-refractivity contribution in [3.8, 4) is 0 Å². The normalized spacial score (nSPS) is 18.6. The van der Waals surface area contributed by atoms with Crippen LogP contribution in [0.5, 0.6) is 0 Å². The van der Waals surface area contributed by atoms with Gasteiger partial charge in [-0.3, -0.25) is 14.5 Å². The third kappa shape index (κ3) is 5.54. The molecule has 0 bridgehead atoms. The van der Waals surface area contributed by atoms with Gasteiger partial charge >= 0.3 is 6.18 Å². The molecule has 1 N–H and O–H groups in total. The summed E-state index contributed by atoms with van der Waals surface area (Å²) in [5, 5.41) is 2.24. The van der Waals surface area contributed by atoms with Crippen molar-refractivity contribution in [2.24, 2.45) is 4.99 Å². The number of anilines is 1. The molecule has 0 aromatic heterocycles. The molecule has 158 valence electrons. The van der Waals surface area contributed by atoms with Gasteiger partial charge in [-0.05, 0) is 72.0 Å². The van der Waals surface area contributed by atoms with Gasteiger partial charge in [-0.2, -0.15) is 13.2 Å². The number of thioether (sulfide) groups is 1. The van der Waals surface area contributed by atoms with E-state index in [0.29, 0.717) is 12.2 Å². The number of aliphatic imine (C=N–C) groups is 1. The van der Waals surface area contributed by atoms with Crippen LogP contribution in [0.2, 0.25) is 0 Å². The van der Waals surface area contributed by atoms with Gasteiger partial charge < -0.3 is 5.32 Å². The zero-order valence-corrected chi connectivity index (χ0v) is 18.7. The molecule has 2 amide bonds. The number of benzene rings is 2. The van der Waals surface area contributed by atoms with Crippen molar-refractivity contribution in [3.05, 3.63) is 57.7 Å². The van der Waals surface area contributed by atoms with Crippen LogP contribution in [-0.4, -0.2) is 33.7 Å². The zero-order valence-electron chi connectivity index (χ0n) is 15.7. The van der Waals surface area contributed by atoms with Gasteiger partial charge in [-0.1, -0.05) is 17.8 Å². The number of carbonyl (C=O) groups is 2. The minimum absolute atomic E-state index is 0.0175. The molecule has 1 heterocycles. The molecule has 1 unspecified atom stereocenters. The number of amides is 2. The van der Waals surface area contributed by atoms with Crippen molar-refractivity contribution in [2.45, 2.75) is 24.8 Å². The molecule has 1 fully saturated rings. The Morgan fingerprint density at radius 2 is 1.97 bits per heavy atom. The maximum absolute atomic E-state index is 13.0. The lowest BCUT2D eigenvalue weighted by Crippen LogP contribution is -2.45. The fourth-order valence-corrected chi connectivity index (χ4v) is 4.29. The van der Waals surface area contributed by atoms with Crippen LogP contribution in [0, 0.1) is 3.57 Å². The number of nitrogens with zero attached hydrogens (tertiary/aromatic N) is 2. The van der Waals surface area contributed by atoms with Crippen molar-refractivity contribution >= 4 is 62.7 Å². The van der Waals surface area contributed by atoms with E-state index in [-0.39, 0.29) is 29.1 Å². The van der Waals surface area contributed by atoms with Gasteiger partial charge in [0.1, 0.15) is 5.25 Å². The summed E-state index contributed by atoms with van der Waals surface area (Å²) in [6.07, 6.45) is -4.51. The molecule has 2 aromatic rings. The first-order valence-corrected chi connectivity index (χ1v) is 10.9. The Bertz CT molecular complexity index is 980. The highest BCUT2D eigenvalue weighted by Gasteiger charge is 2.35. The van der Waals surface area contributed by atoms with Crippen LogP contribution < -0.4 is 5.32 Å². The minimum atomic E-state index is -4.49. The van der Waals surface area contributed by atoms with Crippen LogP contribution in [0.3, 0.4) is 0 Å². The standard InChI is InChI=1S/C20H17F3IN3O2S/c1-2-27-17(28)11-16(18(29)25-14-8-6-13(24)7-9-14)30-19(27)26-15-5-3-4-12(10-15)20(21,22)23/h3-10,16H,2,11H2,1H3,(H,25,29). The van der Waals surface area contributed by atoms with Gasteiger partial charge in [-0.25, -0.2) is 4.99 Å². The molecule has 10 heteroatoms. The van der Waals surface area contributed by atoms with E-state index in [1.165, 1.54) is 17.0 Å². The summed E-state index contributed by atoms with van der Waals surface area (Å²) < 4.78 is 40.0. The van der Waals surface area contributed by atoms with Gasteiger partial charge in [0.15, 0.2) is 5.17 Å². The lowest BCUT2D eigenvalue weighted by Gasteiger charge is -2.31. The van der Waals surface area contributed by atoms with Crippen LogP contribution in [0.15, 0.2) is 53.5 Å². The van der Waals surface area contributed by atoms with Crippen molar-refractivity contribution < 1.29 is 22.8 Å². The number of hydrogen-bond donors (Lipinski definition) is 1. The van der Waals surface area contributed by atoms with E-state index in [1.54, 1.807) is 19.1 Å². The Kier molecular flexibility index (Phi) is 7.06. The summed E-state index contributed by atoms with van der Waals surface area (Å²) in [6.45, 7) is 2.04. The number of amidine groups is 1. The average Bonchev–Trinajstić information content (AvgIpc) is 2.69. The first-order chi connectivity index (χ1) is 14.2. The van der Waals surface area contributed by atoms with E-state index in [4.69, 9.17) is 0 Å². The van der Waals surface area contributed by atoms with E-state index in [9.17, 15) is 22.8 Å². The van der Waals surface area contributed by atoms with Crippen molar-refractivity contribution in [1.29, 1.82) is 0 Å². The summed E-state index contributed by atoms with van der Waals surface area (Å²) >= 11 is 3.22. The highest BCUT2D eigenvalue weighted by molar-refractivity contribution is 14.1. The van der Waals surface area contributed by atoms with Crippen molar-refractivity contribution in [2.75, 3.05) is 11.9 Å². The van der Waals surface area contributed by atoms with E-state index in [0.717, 1.165) is 27.5 Å². The van der Waals surface area contributed by atoms with E-state index in [1.807, 2.05) is 12.1 Å². The lowest BCUT2D eigenvalue weighted by molar-refractivity contribution is -0.137. The Morgan fingerprint density at radius 3 is 2.60 bits per heavy atom. The molecule has 1 aliphatic heterocycles. The Hall–Kier alpha value is -2.08. The largest absolute Gasteiger partial charge is 0.416 e. The molecule has 5 nitrogen and oxygen atoms in total.